The summed E-state index contributed by atoms with van der Waals surface area (Å²) in [6.07, 6.45) is 1.74. The number of hydrogen-bond acceptors (Lipinski definition) is 1. The van der Waals surface area contributed by atoms with Crippen LogP contribution in [0, 0.1) is 11.3 Å². The first-order valence-electron chi connectivity index (χ1n) is 3.31. The van der Waals surface area contributed by atoms with E-state index in [0.29, 0.717) is 17.8 Å². The highest BCUT2D eigenvalue weighted by Gasteiger charge is 2.45. The molecule has 0 unspecified atom stereocenters. The molecule has 9 heavy (non-hydrogen) atoms. The molecule has 1 rings (SSSR count). The maximum absolute atomic E-state index is 10.4. The van der Waals surface area contributed by atoms with Crippen LogP contribution in [-0.4, -0.2) is 5.91 Å². The van der Waals surface area contributed by atoms with E-state index in [-0.39, 0.29) is 5.91 Å². The summed E-state index contributed by atoms with van der Waals surface area (Å²) in [7, 11) is 0. The van der Waals surface area contributed by atoms with Crippen LogP contribution >= 0.6 is 0 Å². The molecule has 0 spiro atoms. The van der Waals surface area contributed by atoms with E-state index in [9.17, 15) is 4.79 Å². The summed E-state index contributed by atoms with van der Waals surface area (Å²) >= 11 is 0. The number of rotatable bonds is 2. The molecule has 0 radical (unpaired) electrons. The Morgan fingerprint density at radius 1 is 1.78 bits per heavy atom. The van der Waals surface area contributed by atoms with Gasteiger partial charge in [-0.1, -0.05) is 13.8 Å². The van der Waals surface area contributed by atoms with E-state index in [1.54, 1.807) is 0 Å². The zero-order valence-corrected chi connectivity index (χ0v) is 5.98. The molecule has 1 fully saturated rings. The standard InChI is InChI=1S/C7H13NO/c1-7(2)4-5(7)3-6(8)9/h5H,3-4H2,1-2H3,(H2,8,9)/t5-/m0/s1. The normalized spacial score (nSPS) is 29.8. The molecule has 2 N–H and O–H groups in total. The van der Waals surface area contributed by atoms with Crippen molar-refractivity contribution in [2.45, 2.75) is 26.7 Å². The Balaban J connectivity index is 2.28. The summed E-state index contributed by atoms with van der Waals surface area (Å²) in [5.74, 6) is 0.403. The van der Waals surface area contributed by atoms with Crippen LogP contribution in [0.4, 0.5) is 0 Å². The Hall–Kier alpha value is -0.530. The molecule has 0 aliphatic heterocycles. The van der Waals surface area contributed by atoms with Gasteiger partial charge in [0.1, 0.15) is 0 Å². The van der Waals surface area contributed by atoms with E-state index >= 15 is 0 Å². The molecule has 1 saturated carbocycles. The second-order valence-electron chi connectivity index (χ2n) is 3.56. The van der Waals surface area contributed by atoms with Crippen molar-refractivity contribution in [2.75, 3.05) is 0 Å². The van der Waals surface area contributed by atoms with E-state index in [2.05, 4.69) is 13.8 Å². The van der Waals surface area contributed by atoms with Crippen LogP contribution in [0.1, 0.15) is 26.7 Å². The molecular weight excluding hydrogens is 114 g/mol. The van der Waals surface area contributed by atoms with Crippen molar-refractivity contribution < 1.29 is 4.79 Å². The smallest absolute Gasteiger partial charge is 0.217 e. The number of primary amides is 1. The fraction of sp³-hybridized carbons (Fsp3) is 0.857. The third-order valence-electron chi connectivity index (χ3n) is 2.17. The highest BCUT2D eigenvalue weighted by atomic mass is 16.1. The highest BCUT2D eigenvalue weighted by molar-refractivity contribution is 5.74. The topological polar surface area (TPSA) is 43.1 Å². The van der Waals surface area contributed by atoms with Crippen molar-refractivity contribution in [3.8, 4) is 0 Å². The summed E-state index contributed by atoms with van der Waals surface area (Å²) < 4.78 is 0. The molecule has 2 heteroatoms. The number of amides is 1. The average Bonchev–Trinajstić information content (AvgIpc) is 2.10. The second-order valence-corrected chi connectivity index (χ2v) is 3.56. The molecule has 0 aromatic carbocycles. The van der Waals surface area contributed by atoms with Crippen molar-refractivity contribution in [3.05, 3.63) is 0 Å². The Labute approximate surface area is 55.4 Å². The maximum Gasteiger partial charge on any atom is 0.217 e. The zero-order valence-electron chi connectivity index (χ0n) is 5.98. The van der Waals surface area contributed by atoms with E-state index in [0.717, 1.165) is 6.42 Å². The van der Waals surface area contributed by atoms with Gasteiger partial charge in [-0.15, -0.1) is 0 Å². The van der Waals surface area contributed by atoms with Gasteiger partial charge in [0.15, 0.2) is 0 Å². The summed E-state index contributed by atoms with van der Waals surface area (Å²) in [4.78, 5) is 10.4. The molecule has 0 aromatic rings. The predicted octanol–water partition coefficient (Wildman–Crippen LogP) is 0.908. The summed E-state index contributed by atoms with van der Waals surface area (Å²) in [5, 5.41) is 0. The van der Waals surface area contributed by atoms with Crippen LogP contribution < -0.4 is 5.73 Å². The van der Waals surface area contributed by atoms with Crippen molar-refractivity contribution in [1.29, 1.82) is 0 Å². The van der Waals surface area contributed by atoms with Gasteiger partial charge in [-0.2, -0.15) is 0 Å². The molecule has 0 saturated heterocycles. The van der Waals surface area contributed by atoms with Crippen LogP contribution in [0.15, 0.2) is 0 Å². The SMILES string of the molecule is CC1(C)C[C@@H]1CC(N)=O. The molecule has 0 heterocycles. The molecule has 2 nitrogen and oxygen atoms in total. The fourth-order valence-corrected chi connectivity index (χ4v) is 1.17. The Kier molecular flexibility index (Phi) is 1.26. The van der Waals surface area contributed by atoms with Crippen LogP contribution in [0.25, 0.3) is 0 Å². The minimum atomic E-state index is -0.162. The van der Waals surface area contributed by atoms with Crippen molar-refractivity contribution in [1.82, 2.24) is 0 Å². The lowest BCUT2D eigenvalue weighted by molar-refractivity contribution is -0.118. The van der Waals surface area contributed by atoms with Gasteiger partial charge >= 0.3 is 0 Å². The minimum Gasteiger partial charge on any atom is -0.370 e. The molecule has 0 bridgehead atoms. The molecule has 0 aromatic heterocycles. The maximum atomic E-state index is 10.4. The molecular formula is C7H13NO. The van der Waals surface area contributed by atoms with Crippen LogP contribution in [-0.2, 0) is 4.79 Å². The summed E-state index contributed by atoms with van der Waals surface area (Å²) in [6.45, 7) is 4.33. The van der Waals surface area contributed by atoms with Gasteiger partial charge in [0.05, 0.1) is 0 Å². The van der Waals surface area contributed by atoms with Gasteiger partial charge in [-0.25, -0.2) is 0 Å². The molecule has 1 aliphatic rings. The quantitative estimate of drug-likeness (QED) is 0.588. The van der Waals surface area contributed by atoms with Crippen molar-refractivity contribution in [3.63, 3.8) is 0 Å². The van der Waals surface area contributed by atoms with E-state index < -0.39 is 0 Å². The lowest BCUT2D eigenvalue weighted by atomic mass is 10.1. The van der Waals surface area contributed by atoms with Gasteiger partial charge in [-0.05, 0) is 17.8 Å². The lowest BCUT2D eigenvalue weighted by Crippen LogP contribution is -2.12. The summed E-state index contributed by atoms with van der Waals surface area (Å²) in [5.41, 5.74) is 5.41. The van der Waals surface area contributed by atoms with E-state index in [1.165, 1.54) is 0 Å². The number of carbonyl (C=O) groups is 1. The summed E-state index contributed by atoms with van der Waals surface area (Å²) in [6, 6.07) is 0. The van der Waals surface area contributed by atoms with Crippen molar-refractivity contribution in [2.24, 2.45) is 17.1 Å². The Morgan fingerprint density at radius 2 is 2.22 bits per heavy atom. The van der Waals surface area contributed by atoms with Crippen LogP contribution in [0.3, 0.4) is 0 Å². The third-order valence-corrected chi connectivity index (χ3v) is 2.17. The van der Waals surface area contributed by atoms with Gasteiger partial charge in [0, 0.05) is 6.42 Å². The molecule has 1 aliphatic carbocycles. The highest BCUT2D eigenvalue weighted by Crippen LogP contribution is 2.53. The minimum absolute atomic E-state index is 0.162. The monoisotopic (exact) mass is 127 g/mol. The average molecular weight is 127 g/mol. The predicted molar refractivity (Wildman–Crippen MR) is 35.7 cm³/mol. The third kappa shape index (κ3) is 1.44. The Bertz CT molecular complexity index is 140. The molecule has 1 amide bonds. The van der Waals surface area contributed by atoms with Gasteiger partial charge < -0.3 is 5.73 Å². The first kappa shape index (κ1) is 6.59. The van der Waals surface area contributed by atoms with Gasteiger partial charge in [0.25, 0.3) is 0 Å². The Morgan fingerprint density at radius 3 is 2.33 bits per heavy atom. The number of carbonyl (C=O) groups excluding carboxylic acids is 1. The molecule has 52 valence electrons. The fourth-order valence-electron chi connectivity index (χ4n) is 1.17. The lowest BCUT2D eigenvalue weighted by Gasteiger charge is -1.97. The zero-order chi connectivity index (χ0) is 7.07. The second kappa shape index (κ2) is 1.72. The number of hydrogen-bond donors (Lipinski definition) is 1. The van der Waals surface area contributed by atoms with Gasteiger partial charge in [-0.3, -0.25) is 4.79 Å². The first-order valence-corrected chi connectivity index (χ1v) is 3.31. The van der Waals surface area contributed by atoms with E-state index in [4.69, 9.17) is 5.73 Å². The molecule has 1 atom stereocenters. The first-order chi connectivity index (χ1) is 4.02. The van der Waals surface area contributed by atoms with E-state index in [1.807, 2.05) is 0 Å². The van der Waals surface area contributed by atoms with Crippen LogP contribution in [0.2, 0.25) is 0 Å². The van der Waals surface area contributed by atoms with Crippen LogP contribution in [0.5, 0.6) is 0 Å². The number of nitrogens with two attached hydrogens (primary N) is 1. The largest absolute Gasteiger partial charge is 0.370 e. The van der Waals surface area contributed by atoms with Gasteiger partial charge in [0.2, 0.25) is 5.91 Å². The van der Waals surface area contributed by atoms with Crippen molar-refractivity contribution >= 4 is 5.91 Å².